The lowest BCUT2D eigenvalue weighted by Gasteiger charge is -2.36. The van der Waals surface area contributed by atoms with Crippen molar-refractivity contribution < 1.29 is 9.72 Å². The smallest absolute Gasteiger partial charge is 0.292 e. The molecule has 0 atom stereocenters. The van der Waals surface area contributed by atoms with Crippen molar-refractivity contribution in [1.29, 1.82) is 0 Å². The van der Waals surface area contributed by atoms with Gasteiger partial charge in [0.05, 0.1) is 10.5 Å². The Hall–Kier alpha value is -3.10. The third-order valence-electron chi connectivity index (χ3n) is 5.61. The lowest BCUT2D eigenvalue weighted by Crippen LogP contribution is -2.48. The molecular weight excluding hydrogens is 508 g/mol. The highest BCUT2D eigenvalue weighted by Crippen LogP contribution is 2.31. The quantitative estimate of drug-likeness (QED) is 0.333. The molecule has 1 aliphatic rings. The molecule has 0 radical (unpaired) electrons. The largest absolute Gasteiger partial charge is 0.375 e. The highest BCUT2D eigenvalue weighted by Gasteiger charge is 2.24. The number of hydrogen-bond donors (Lipinski definition) is 1. The summed E-state index contributed by atoms with van der Waals surface area (Å²) in [5.74, 6) is -0.00357. The first-order valence-corrected chi connectivity index (χ1v) is 11.6. The molecule has 3 aromatic carbocycles. The Morgan fingerprint density at radius 3 is 2.39 bits per heavy atom. The van der Waals surface area contributed by atoms with Crippen LogP contribution in [0.4, 0.5) is 17.1 Å². The van der Waals surface area contributed by atoms with Crippen molar-refractivity contribution in [2.75, 3.05) is 36.4 Å². The number of benzene rings is 3. The van der Waals surface area contributed by atoms with Gasteiger partial charge in [-0.2, -0.15) is 0 Å². The Morgan fingerprint density at radius 1 is 1.03 bits per heavy atom. The van der Waals surface area contributed by atoms with Gasteiger partial charge in [-0.25, -0.2) is 0 Å². The molecule has 33 heavy (non-hydrogen) atoms. The van der Waals surface area contributed by atoms with E-state index in [-0.39, 0.29) is 16.5 Å². The molecule has 0 bridgehead atoms. The van der Waals surface area contributed by atoms with Gasteiger partial charge in [0.2, 0.25) is 0 Å². The minimum absolute atomic E-state index is 0.00357. The van der Waals surface area contributed by atoms with Crippen molar-refractivity contribution >= 4 is 50.5 Å². The van der Waals surface area contributed by atoms with Crippen molar-refractivity contribution in [1.82, 2.24) is 4.90 Å². The van der Waals surface area contributed by atoms with Crippen LogP contribution in [-0.4, -0.2) is 41.9 Å². The van der Waals surface area contributed by atoms with Crippen LogP contribution < -0.4 is 10.2 Å². The second kappa shape index (κ2) is 10.2. The Labute approximate surface area is 205 Å². The van der Waals surface area contributed by atoms with E-state index in [0.29, 0.717) is 49.0 Å². The predicted molar refractivity (Wildman–Crippen MR) is 134 cm³/mol. The molecule has 0 aromatic heterocycles. The number of carbonyl (C=O) groups is 1. The Balaban J connectivity index is 1.45. The maximum atomic E-state index is 12.9. The molecule has 1 amide bonds. The number of hydrogen-bond acceptors (Lipinski definition) is 5. The molecule has 7 nitrogen and oxygen atoms in total. The minimum Gasteiger partial charge on any atom is -0.375 e. The van der Waals surface area contributed by atoms with E-state index in [1.54, 1.807) is 24.3 Å². The van der Waals surface area contributed by atoms with Gasteiger partial charge in [0.25, 0.3) is 11.6 Å². The molecule has 0 aliphatic carbocycles. The predicted octanol–water partition coefficient (Wildman–Crippen LogP) is 5.59. The molecule has 1 aliphatic heterocycles. The monoisotopic (exact) mass is 528 g/mol. The molecule has 1 N–H and O–H groups in total. The van der Waals surface area contributed by atoms with E-state index in [1.165, 1.54) is 6.07 Å². The number of rotatable bonds is 6. The van der Waals surface area contributed by atoms with Crippen molar-refractivity contribution in [3.05, 3.63) is 97.5 Å². The van der Waals surface area contributed by atoms with Gasteiger partial charge in [0.1, 0.15) is 5.69 Å². The highest BCUT2D eigenvalue weighted by atomic mass is 79.9. The zero-order chi connectivity index (χ0) is 23.4. The topological polar surface area (TPSA) is 78.7 Å². The Kier molecular flexibility index (Phi) is 7.15. The Bertz CT molecular complexity index is 1160. The minimum atomic E-state index is -0.387. The summed E-state index contributed by atoms with van der Waals surface area (Å²) in [6.07, 6.45) is 0. The second-order valence-electron chi connectivity index (χ2n) is 7.70. The average Bonchev–Trinajstić information content (AvgIpc) is 2.83. The van der Waals surface area contributed by atoms with Crippen LogP contribution >= 0.6 is 27.5 Å². The number of nitro groups is 1. The molecular formula is C24H22BrClN4O3. The number of anilines is 2. The molecule has 3 aromatic rings. The first-order chi connectivity index (χ1) is 15.9. The van der Waals surface area contributed by atoms with E-state index in [4.69, 9.17) is 11.6 Å². The van der Waals surface area contributed by atoms with E-state index in [0.717, 1.165) is 15.7 Å². The van der Waals surface area contributed by atoms with Crippen LogP contribution in [0.3, 0.4) is 0 Å². The fourth-order valence-electron chi connectivity index (χ4n) is 3.79. The standard InChI is InChI=1S/C24H22BrClN4O3/c25-21-4-2-1-3-20(21)24(31)29-13-11-28(12-14-29)19-9-10-23(30(32)33)22(15-19)27-16-17-5-7-18(26)8-6-17/h1-10,15,27H,11-14,16H2. The molecule has 0 saturated carbocycles. The van der Waals surface area contributed by atoms with Gasteiger partial charge in [0.15, 0.2) is 0 Å². The van der Waals surface area contributed by atoms with Gasteiger partial charge in [-0.05, 0) is 57.9 Å². The maximum absolute atomic E-state index is 12.9. The third kappa shape index (κ3) is 5.46. The molecule has 170 valence electrons. The van der Waals surface area contributed by atoms with Gasteiger partial charge in [0, 0.05) is 54.0 Å². The zero-order valence-corrected chi connectivity index (χ0v) is 20.1. The summed E-state index contributed by atoms with van der Waals surface area (Å²) >= 11 is 9.38. The van der Waals surface area contributed by atoms with Crippen LogP contribution in [0.2, 0.25) is 5.02 Å². The van der Waals surface area contributed by atoms with Gasteiger partial charge in [-0.3, -0.25) is 14.9 Å². The number of halogens is 2. The lowest BCUT2D eigenvalue weighted by molar-refractivity contribution is -0.384. The van der Waals surface area contributed by atoms with Crippen LogP contribution in [0.15, 0.2) is 71.2 Å². The van der Waals surface area contributed by atoms with Crippen molar-refractivity contribution in [3.63, 3.8) is 0 Å². The first kappa shape index (κ1) is 23.1. The fraction of sp³-hybridized carbons (Fsp3) is 0.208. The molecule has 1 fully saturated rings. The molecule has 4 rings (SSSR count). The summed E-state index contributed by atoms with van der Waals surface area (Å²) in [6.45, 7) is 2.88. The summed E-state index contributed by atoms with van der Waals surface area (Å²) in [7, 11) is 0. The molecule has 1 heterocycles. The van der Waals surface area contributed by atoms with E-state index < -0.39 is 0 Å². The molecule has 0 unspecified atom stereocenters. The number of carbonyl (C=O) groups excluding carboxylic acids is 1. The maximum Gasteiger partial charge on any atom is 0.292 e. The summed E-state index contributed by atoms with van der Waals surface area (Å²) in [5.41, 5.74) is 2.98. The average molecular weight is 530 g/mol. The second-order valence-corrected chi connectivity index (χ2v) is 8.99. The first-order valence-electron chi connectivity index (χ1n) is 10.5. The Morgan fingerprint density at radius 2 is 1.73 bits per heavy atom. The van der Waals surface area contributed by atoms with E-state index >= 15 is 0 Å². The van der Waals surface area contributed by atoms with E-state index in [1.807, 2.05) is 41.3 Å². The normalized spacial score (nSPS) is 13.6. The molecule has 1 saturated heterocycles. The van der Waals surface area contributed by atoms with Crippen LogP contribution in [0.5, 0.6) is 0 Å². The van der Waals surface area contributed by atoms with Crippen molar-refractivity contribution in [2.45, 2.75) is 6.54 Å². The SMILES string of the molecule is O=C(c1ccccc1Br)N1CCN(c2ccc([N+](=O)[O-])c(NCc3ccc(Cl)cc3)c2)CC1. The summed E-state index contributed by atoms with van der Waals surface area (Å²) < 4.78 is 0.782. The van der Waals surface area contributed by atoms with Crippen LogP contribution in [0.25, 0.3) is 0 Å². The van der Waals surface area contributed by atoms with E-state index in [9.17, 15) is 14.9 Å². The van der Waals surface area contributed by atoms with Crippen LogP contribution in [-0.2, 0) is 6.54 Å². The zero-order valence-electron chi connectivity index (χ0n) is 17.7. The molecule has 0 spiro atoms. The van der Waals surface area contributed by atoms with Gasteiger partial charge < -0.3 is 15.1 Å². The summed E-state index contributed by atoms with van der Waals surface area (Å²) in [5, 5.41) is 15.4. The van der Waals surface area contributed by atoms with E-state index in [2.05, 4.69) is 26.1 Å². The fourth-order valence-corrected chi connectivity index (χ4v) is 4.37. The number of nitro benzene ring substituents is 1. The van der Waals surface area contributed by atoms with Crippen molar-refractivity contribution in [2.24, 2.45) is 0 Å². The number of piperazine rings is 1. The number of amides is 1. The van der Waals surface area contributed by atoms with Gasteiger partial charge >= 0.3 is 0 Å². The number of nitrogens with zero attached hydrogens (tertiary/aromatic N) is 3. The van der Waals surface area contributed by atoms with Crippen LogP contribution in [0, 0.1) is 10.1 Å². The molecule has 9 heteroatoms. The third-order valence-corrected chi connectivity index (χ3v) is 6.55. The van der Waals surface area contributed by atoms with Crippen LogP contribution in [0.1, 0.15) is 15.9 Å². The van der Waals surface area contributed by atoms with Gasteiger partial charge in [-0.15, -0.1) is 0 Å². The van der Waals surface area contributed by atoms with Crippen molar-refractivity contribution in [3.8, 4) is 0 Å². The number of nitrogens with one attached hydrogen (secondary N) is 1. The lowest BCUT2D eigenvalue weighted by atomic mass is 10.1. The van der Waals surface area contributed by atoms with Gasteiger partial charge in [-0.1, -0.05) is 35.9 Å². The summed E-state index contributed by atoms with van der Waals surface area (Å²) in [4.78, 5) is 28.0. The highest BCUT2D eigenvalue weighted by molar-refractivity contribution is 9.10. The summed E-state index contributed by atoms with van der Waals surface area (Å²) in [6, 6.07) is 19.8.